The molecule has 1 fully saturated rings. The average Bonchev–Trinajstić information content (AvgIpc) is 3.36. The molecule has 194 valence electrons. The van der Waals surface area contributed by atoms with E-state index in [4.69, 9.17) is 16.6 Å². The molecule has 17 heteroatoms. The van der Waals surface area contributed by atoms with Crippen LogP contribution in [0.2, 0.25) is 0 Å². The van der Waals surface area contributed by atoms with E-state index in [1.165, 1.54) is 6.07 Å². The van der Waals surface area contributed by atoms with Crippen molar-refractivity contribution in [2.24, 2.45) is 31.8 Å². The number of hydrogen-bond acceptors (Lipinski definition) is 12. The third-order valence-corrected chi connectivity index (χ3v) is 8.05. The van der Waals surface area contributed by atoms with E-state index in [9.17, 15) is 26.7 Å². The van der Waals surface area contributed by atoms with E-state index in [1.807, 2.05) is 0 Å². The molecule has 1 atom stereocenters. The second-order valence-electron chi connectivity index (χ2n) is 7.84. The summed E-state index contributed by atoms with van der Waals surface area (Å²) in [4.78, 5) is 18.4. The quantitative estimate of drug-likeness (QED) is 0.208. The van der Waals surface area contributed by atoms with Crippen molar-refractivity contribution in [1.82, 2.24) is 9.62 Å². The Bertz CT molecular complexity index is 1230. The number of azo groups is 1. The Kier molecular flexibility index (Phi) is 8.52. The maximum Gasteiger partial charge on any atom is 0.242 e. The Hall–Kier alpha value is -2.54. The number of carbonyl (C=O) groups is 1. The molecule has 0 saturated carbocycles. The molecule has 35 heavy (non-hydrogen) atoms. The number of nitrogens with one attached hydrogen (secondary N) is 1. The SMILES string of the molecule is NCCC(=O)N1CCN(c2ccc(S(=O)(=O)NC[C@H](O)CN)c(S(N)(=O)=O)c2C2=NCN=N2)CC1. The lowest BCUT2D eigenvalue weighted by Gasteiger charge is -2.37. The predicted molar refractivity (Wildman–Crippen MR) is 127 cm³/mol. The van der Waals surface area contributed by atoms with Gasteiger partial charge in [-0.1, -0.05) is 0 Å². The lowest BCUT2D eigenvalue weighted by Crippen LogP contribution is -2.49. The standard InChI is InChI=1S/C18H29N9O6S2/c19-4-3-15(29)27-7-5-26(6-8-27)13-1-2-14(35(32,33)24-10-12(28)9-20)17(34(21,30)31)16(13)18-22-11-23-25-18/h1-2,12,24,28H,3-11,19-20H2,(H2,21,30,31)/t12-/m1/s1. The van der Waals surface area contributed by atoms with Gasteiger partial charge < -0.3 is 26.4 Å². The monoisotopic (exact) mass is 531 g/mol. The first-order chi connectivity index (χ1) is 16.5. The van der Waals surface area contributed by atoms with Gasteiger partial charge in [-0.3, -0.25) is 4.79 Å². The summed E-state index contributed by atoms with van der Waals surface area (Å²) >= 11 is 0. The number of benzene rings is 1. The van der Waals surface area contributed by atoms with Gasteiger partial charge in [-0.2, -0.15) is 5.11 Å². The number of hydrogen-bond donors (Lipinski definition) is 5. The number of aliphatic hydroxyl groups is 1. The Morgan fingerprint density at radius 1 is 1.14 bits per heavy atom. The Labute approximate surface area is 203 Å². The van der Waals surface area contributed by atoms with Gasteiger partial charge in [0.15, 0.2) is 12.5 Å². The highest BCUT2D eigenvalue weighted by Crippen LogP contribution is 2.34. The molecule has 2 aliphatic rings. The second kappa shape index (κ2) is 11.0. The number of rotatable bonds is 10. The summed E-state index contributed by atoms with van der Waals surface area (Å²) < 4.78 is 53.6. The van der Waals surface area contributed by atoms with Crippen LogP contribution in [0.1, 0.15) is 12.0 Å². The Balaban J connectivity index is 2.09. The van der Waals surface area contributed by atoms with E-state index in [0.717, 1.165) is 6.07 Å². The van der Waals surface area contributed by atoms with E-state index >= 15 is 0 Å². The van der Waals surface area contributed by atoms with Gasteiger partial charge in [0.1, 0.15) is 9.79 Å². The zero-order chi connectivity index (χ0) is 25.8. The lowest BCUT2D eigenvalue weighted by molar-refractivity contribution is -0.131. The van der Waals surface area contributed by atoms with Gasteiger partial charge in [0, 0.05) is 57.9 Å². The molecule has 1 aromatic rings. The smallest absolute Gasteiger partial charge is 0.242 e. The number of nitrogens with zero attached hydrogens (tertiary/aromatic N) is 5. The van der Waals surface area contributed by atoms with Crippen molar-refractivity contribution in [3.05, 3.63) is 17.7 Å². The maximum absolute atomic E-state index is 13.0. The molecule has 0 bridgehead atoms. The van der Waals surface area contributed by atoms with Gasteiger partial charge in [-0.05, 0) is 12.1 Å². The van der Waals surface area contributed by atoms with Crippen LogP contribution < -0.4 is 26.2 Å². The van der Waals surface area contributed by atoms with Crippen molar-refractivity contribution in [3.63, 3.8) is 0 Å². The molecule has 0 spiro atoms. The molecule has 15 nitrogen and oxygen atoms in total. The number of aliphatic hydroxyl groups excluding tert-OH is 1. The average molecular weight is 532 g/mol. The summed E-state index contributed by atoms with van der Waals surface area (Å²) in [7, 11) is -9.06. The summed E-state index contributed by atoms with van der Waals surface area (Å²) in [5, 5.41) is 22.8. The maximum atomic E-state index is 13.0. The predicted octanol–water partition coefficient (Wildman–Crippen LogP) is -2.90. The molecular weight excluding hydrogens is 502 g/mol. The van der Waals surface area contributed by atoms with Gasteiger partial charge in [0.25, 0.3) is 0 Å². The van der Waals surface area contributed by atoms with Gasteiger partial charge in [0.2, 0.25) is 26.0 Å². The summed E-state index contributed by atoms with van der Waals surface area (Å²) in [6.45, 7) is 0.933. The van der Waals surface area contributed by atoms with Crippen LogP contribution in [0.4, 0.5) is 5.69 Å². The van der Waals surface area contributed by atoms with Gasteiger partial charge in [-0.15, -0.1) is 5.11 Å². The third-order valence-electron chi connectivity index (χ3n) is 5.46. The van der Waals surface area contributed by atoms with Crippen molar-refractivity contribution < 1.29 is 26.7 Å². The van der Waals surface area contributed by atoms with Crippen molar-refractivity contribution >= 4 is 37.5 Å². The number of sulfonamides is 2. The minimum atomic E-state index is -4.62. The van der Waals surface area contributed by atoms with Crippen LogP contribution >= 0.6 is 0 Å². The Morgan fingerprint density at radius 2 is 1.83 bits per heavy atom. The van der Waals surface area contributed by atoms with Crippen LogP contribution in [-0.4, -0.2) is 97.2 Å². The molecule has 0 aromatic heterocycles. The molecule has 8 N–H and O–H groups in total. The van der Waals surface area contributed by atoms with Crippen molar-refractivity contribution in [1.29, 1.82) is 0 Å². The van der Waals surface area contributed by atoms with E-state index in [1.54, 1.807) is 9.80 Å². The highest BCUT2D eigenvalue weighted by atomic mass is 32.2. The first-order valence-electron chi connectivity index (χ1n) is 10.7. The molecule has 3 rings (SSSR count). The fourth-order valence-corrected chi connectivity index (χ4v) is 6.40. The molecular formula is C18H29N9O6S2. The number of piperazine rings is 1. The summed E-state index contributed by atoms with van der Waals surface area (Å²) in [6, 6.07) is 2.56. The molecule has 0 unspecified atom stereocenters. The molecule has 1 saturated heterocycles. The minimum absolute atomic E-state index is 0.0574. The summed E-state index contributed by atoms with van der Waals surface area (Å²) in [5.41, 5.74) is 11.0. The zero-order valence-corrected chi connectivity index (χ0v) is 20.5. The molecule has 0 radical (unpaired) electrons. The Morgan fingerprint density at radius 3 is 2.37 bits per heavy atom. The van der Waals surface area contributed by atoms with E-state index in [0.29, 0.717) is 31.9 Å². The van der Waals surface area contributed by atoms with Crippen molar-refractivity contribution in [2.45, 2.75) is 22.3 Å². The van der Waals surface area contributed by atoms with Crippen molar-refractivity contribution in [2.75, 3.05) is 57.4 Å². The minimum Gasteiger partial charge on any atom is -0.390 e. The largest absolute Gasteiger partial charge is 0.390 e. The van der Waals surface area contributed by atoms with Crippen molar-refractivity contribution in [3.8, 4) is 0 Å². The number of amidine groups is 1. The van der Waals surface area contributed by atoms with E-state index < -0.39 is 42.5 Å². The molecule has 0 aliphatic carbocycles. The second-order valence-corrected chi connectivity index (χ2v) is 11.1. The summed E-state index contributed by atoms with van der Waals surface area (Å²) in [6.07, 6.45) is -0.955. The van der Waals surface area contributed by atoms with Crippen LogP contribution in [0.25, 0.3) is 0 Å². The molecule has 1 amide bonds. The number of amides is 1. The zero-order valence-electron chi connectivity index (χ0n) is 18.9. The van der Waals surface area contributed by atoms with Gasteiger partial charge in [0.05, 0.1) is 11.7 Å². The number of carbonyl (C=O) groups excluding carboxylic acids is 1. The number of nitrogens with two attached hydrogens (primary N) is 3. The van der Waals surface area contributed by atoms with Crippen LogP contribution in [0, 0.1) is 0 Å². The highest BCUT2D eigenvalue weighted by molar-refractivity contribution is 7.92. The molecule has 1 aromatic carbocycles. The fourth-order valence-electron chi connectivity index (χ4n) is 3.73. The third kappa shape index (κ3) is 6.18. The molecule has 2 aliphatic heterocycles. The number of anilines is 1. The lowest BCUT2D eigenvalue weighted by atomic mass is 10.1. The van der Waals surface area contributed by atoms with E-state index in [2.05, 4.69) is 19.9 Å². The van der Waals surface area contributed by atoms with Crippen LogP contribution in [0.3, 0.4) is 0 Å². The first kappa shape index (κ1) is 27.1. The normalized spacial score (nSPS) is 17.5. The first-order valence-corrected chi connectivity index (χ1v) is 13.7. The van der Waals surface area contributed by atoms with Gasteiger partial charge >= 0.3 is 0 Å². The topological polar surface area (TPSA) is 239 Å². The van der Waals surface area contributed by atoms with E-state index in [-0.39, 0.29) is 43.5 Å². The van der Waals surface area contributed by atoms with Gasteiger partial charge in [-0.25, -0.2) is 31.7 Å². The molecule has 2 heterocycles. The van der Waals surface area contributed by atoms with Crippen LogP contribution in [-0.2, 0) is 24.8 Å². The highest BCUT2D eigenvalue weighted by Gasteiger charge is 2.34. The number of primary sulfonamides is 1. The number of aliphatic imine (C=N–C) groups is 1. The van der Waals surface area contributed by atoms with Crippen LogP contribution in [0.5, 0.6) is 0 Å². The summed E-state index contributed by atoms with van der Waals surface area (Å²) in [5.74, 6) is -0.163. The fraction of sp³-hybridized carbons (Fsp3) is 0.556. The van der Waals surface area contributed by atoms with Crippen LogP contribution in [0.15, 0.2) is 37.1 Å².